The van der Waals surface area contributed by atoms with Crippen molar-refractivity contribution < 1.29 is 14.5 Å². The molecule has 0 aromatic heterocycles. The van der Waals surface area contributed by atoms with Crippen molar-refractivity contribution >= 4 is 17.5 Å². The van der Waals surface area contributed by atoms with Crippen molar-refractivity contribution in [1.82, 2.24) is 10.6 Å². The lowest BCUT2D eigenvalue weighted by molar-refractivity contribution is -0.384. The maximum absolute atomic E-state index is 12.1. The van der Waals surface area contributed by atoms with E-state index in [1.54, 1.807) is 6.92 Å². The minimum atomic E-state index is -0.696. The molecule has 7 nitrogen and oxygen atoms in total. The van der Waals surface area contributed by atoms with Crippen LogP contribution in [0.3, 0.4) is 0 Å². The van der Waals surface area contributed by atoms with Crippen LogP contribution in [0.2, 0.25) is 0 Å². The van der Waals surface area contributed by atoms with E-state index >= 15 is 0 Å². The highest BCUT2D eigenvalue weighted by Gasteiger charge is 2.18. The topological polar surface area (TPSA) is 101 Å². The number of nitro benzene ring substituents is 1. The van der Waals surface area contributed by atoms with Crippen LogP contribution in [0.5, 0.6) is 0 Å². The lowest BCUT2D eigenvalue weighted by Gasteiger charge is -2.15. The Morgan fingerprint density at radius 2 is 2.04 bits per heavy atom. The number of nitrogens with zero attached hydrogens (tertiary/aromatic N) is 1. The minimum absolute atomic E-state index is 0.156. The number of nitrogens with one attached hydrogen (secondary N) is 2. The number of benzene rings is 1. The summed E-state index contributed by atoms with van der Waals surface area (Å²) in [5, 5.41) is 16.2. The van der Waals surface area contributed by atoms with Crippen LogP contribution in [0.1, 0.15) is 55.8 Å². The molecule has 1 fully saturated rings. The molecule has 1 saturated carbocycles. The Kier molecular flexibility index (Phi) is 6.91. The number of hydrogen-bond donors (Lipinski definition) is 2. The first kappa shape index (κ1) is 18.9. The lowest BCUT2D eigenvalue weighted by Crippen LogP contribution is -2.45. The average Bonchev–Trinajstić information content (AvgIpc) is 3.11. The number of carbonyl (C=O) groups is 2. The molecule has 25 heavy (non-hydrogen) atoms. The predicted octanol–water partition coefficient (Wildman–Crippen LogP) is 2.80. The van der Waals surface area contributed by atoms with Crippen molar-refractivity contribution in [3.8, 4) is 0 Å². The highest BCUT2D eigenvalue weighted by Crippen LogP contribution is 2.28. The van der Waals surface area contributed by atoms with Gasteiger partial charge in [0.25, 0.3) is 11.6 Å². The molecule has 0 aliphatic heterocycles. The van der Waals surface area contributed by atoms with Gasteiger partial charge in [-0.1, -0.05) is 31.7 Å². The van der Waals surface area contributed by atoms with Crippen LogP contribution >= 0.6 is 0 Å². The first-order chi connectivity index (χ1) is 12.0. The van der Waals surface area contributed by atoms with Gasteiger partial charge < -0.3 is 10.6 Å². The molecular weight excluding hydrogens is 322 g/mol. The van der Waals surface area contributed by atoms with E-state index < -0.39 is 16.9 Å². The van der Waals surface area contributed by atoms with Gasteiger partial charge in [-0.15, -0.1) is 0 Å². The number of rotatable bonds is 8. The van der Waals surface area contributed by atoms with Gasteiger partial charge in [-0.25, -0.2) is 0 Å². The third kappa shape index (κ3) is 5.85. The highest BCUT2D eigenvalue weighted by atomic mass is 16.6. The summed E-state index contributed by atoms with van der Waals surface area (Å²) in [5.74, 6) is 0.0467. The molecule has 0 saturated heterocycles. The smallest absolute Gasteiger partial charge is 0.270 e. The molecule has 1 aromatic carbocycles. The van der Waals surface area contributed by atoms with E-state index in [1.807, 2.05) is 0 Å². The normalized spacial score (nSPS) is 15.6. The number of amides is 2. The van der Waals surface area contributed by atoms with Crippen molar-refractivity contribution in [3.63, 3.8) is 0 Å². The molecule has 136 valence electrons. The van der Waals surface area contributed by atoms with Gasteiger partial charge in [0.2, 0.25) is 5.91 Å². The van der Waals surface area contributed by atoms with E-state index in [1.165, 1.54) is 49.9 Å². The quantitative estimate of drug-likeness (QED) is 0.429. The Labute approximate surface area is 147 Å². The summed E-state index contributed by atoms with van der Waals surface area (Å²) in [6.45, 7) is 2.20. The van der Waals surface area contributed by atoms with E-state index in [0.29, 0.717) is 6.54 Å². The van der Waals surface area contributed by atoms with Crippen molar-refractivity contribution in [2.75, 3.05) is 6.54 Å². The summed E-state index contributed by atoms with van der Waals surface area (Å²) in [6.07, 6.45) is 7.30. The zero-order valence-corrected chi connectivity index (χ0v) is 14.5. The third-order valence-electron chi connectivity index (χ3n) is 4.62. The van der Waals surface area contributed by atoms with E-state index in [4.69, 9.17) is 0 Å². The van der Waals surface area contributed by atoms with Crippen LogP contribution < -0.4 is 10.6 Å². The maximum Gasteiger partial charge on any atom is 0.270 e. The predicted molar refractivity (Wildman–Crippen MR) is 94.2 cm³/mol. The second-order valence-corrected chi connectivity index (χ2v) is 6.59. The Morgan fingerprint density at radius 1 is 1.32 bits per heavy atom. The Hall–Kier alpha value is -2.44. The monoisotopic (exact) mass is 347 g/mol. The maximum atomic E-state index is 12.1. The fraction of sp³-hybridized carbons (Fsp3) is 0.556. The molecule has 0 spiro atoms. The largest absolute Gasteiger partial charge is 0.354 e. The second kappa shape index (κ2) is 9.15. The molecule has 1 aliphatic rings. The summed E-state index contributed by atoms with van der Waals surface area (Å²) < 4.78 is 0. The first-order valence-electron chi connectivity index (χ1n) is 8.80. The SMILES string of the molecule is CC(NC(=O)c1cccc([N+](=O)[O-])c1)C(=O)NCCCC1CCCC1. The van der Waals surface area contributed by atoms with Crippen LogP contribution in [0.4, 0.5) is 5.69 Å². The summed E-state index contributed by atoms with van der Waals surface area (Å²) in [7, 11) is 0. The molecule has 7 heteroatoms. The highest BCUT2D eigenvalue weighted by molar-refractivity contribution is 5.97. The molecule has 1 unspecified atom stereocenters. The van der Waals surface area contributed by atoms with E-state index in [-0.39, 0.29) is 17.2 Å². The number of nitro groups is 1. The number of carbonyl (C=O) groups excluding carboxylic acids is 2. The van der Waals surface area contributed by atoms with Gasteiger partial charge in [0.1, 0.15) is 6.04 Å². The van der Waals surface area contributed by atoms with Gasteiger partial charge in [0.15, 0.2) is 0 Å². The van der Waals surface area contributed by atoms with Crippen molar-refractivity contribution in [3.05, 3.63) is 39.9 Å². The number of non-ortho nitro benzene ring substituents is 1. The van der Waals surface area contributed by atoms with Crippen LogP contribution in [0, 0.1) is 16.0 Å². The Bertz CT molecular complexity index is 627. The molecule has 0 radical (unpaired) electrons. The molecular formula is C18H25N3O4. The van der Waals surface area contributed by atoms with Crippen LogP contribution in [0.15, 0.2) is 24.3 Å². The van der Waals surface area contributed by atoms with Gasteiger partial charge in [-0.2, -0.15) is 0 Å². The number of hydrogen-bond acceptors (Lipinski definition) is 4. The summed E-state index contributed by atoms with van der Waals surface area (Å²) in [6, 6.07) is 4.74. The summed E-state index contributed by atoms with van der Waals surface area (Å²) >= 11 is 0. The first-order valence-corrected chi connectivity index (χ1v) is 8.80. The zero-order chi connectivity index (χ0) is 18.2. The molecule has 1 aliphatic carbocycles. The molecule has 2 amide bonds. The zero-order valence-electron chi connectivity index (χ0n) is 14.5. The molecule has 2 N–H and O–H groups in total. The molecule has 1 atom stereocenters. The lowest BCUT2D eigenvalue weighted by atomic mass is 10.0. The minimum Gasteiger partial charge on any atom is -0.354 e. The standard InChI is InChI=1S/C18H25N3O4/c1-13(17(22)19-11-5-8-14-6-2-3-7-14)20-18(23)15-9-4-10-16(12-15)21(24)25/h4,9-10,12-14H,2-3,5-8,11H2,1H3,(H,19,22)(H,20,23). The van der Waals surface area contributed by atoms with Crippen LogP contribution in [-0.4, -0.2) is 29.3 Å². The second-order valence-electron chi connectivity index (χ2n) is 6.59. The van der Waals surface area contributed by atoms with E-state index in [9.17, 15) is 19.7 Å². The fourth-order valence-electron chi connectivity index (χ4n) is 3.16. The van der Waals surface area contributed by atoms with Gasteiger partial charge in [0.05, 0.1) is 4.92 Å². The average molecular weight is 347 g/mol. The van der Waals surface area contributed by atoms with Crippen molar-refractivity contribution in [2.24, 2.45) is 5.92 Å². The Balaban J connectivity index is 1.74. The molecule has 0 bridgehead atoms. The summed E-state index contributed by atoms with van der Waals surface area (Å²) in [5.41, 5.74) is 0.00625. The fourth-order valence-corrected chi connectivity index (χ4v) is 3.16. The van der Waals surface area contributed by atoms with Gasteiger partial charge >= 0.3 is 0 Å². The van der Waals surface area contributed by atoms with Gasteiger partial charge in [-0.3, -0.25) is 19.7 Å². The Morgan fingerprint density at radius 3 is 2.72 bits per heavy atom. The van der Waals surface area contributed by atoms with Gasteiger partial charge in [0, 0.05) is 24.2 Å². The third-order valence-corrected chi connectivity index (χ3v) is 4.62. The van der Waals surface area contributed by atoms with Crippen molar-refractivity contribution in [2.45, 2.75) is 51.5 Å². The van der Waals surface area contributed by atoms with Gasteiger partial charge in [-0.05, 0) is 31.7 Å². The summed E-state index contributed by atoms with van der Waals surface area (Å²) in [4.78, 5) is 34.4. The van der Waals surface area contributed by atoms with E-state index in [0.717, 1.165) is 18.8 Å². The molecule has 0 heterocycles. The molecule has 2 rings (SSSR count). The molecule has 1 aromatic rings. The van der Waals surface area contributed by atoms with Crippen LogP contribution in [-0.2, 0) is 4.79 Å². The van der Waals surface area contributed by atoms with Crippen molar-refractivity contribution in [1.29, 1.82) is 0 Å². The van der Waals surface area contributed by atoms with Crippen LogP contribution in [0.25, 0.3) is 0 Å². The van der Waals surface area contributed by atoms with E-state index in [2.05, 4.69) is 10.6 Å².